The van der Waals surface area contributed by atoms with Crippen molar-refractivity contribution in [3.8, 4) is 0 Å². The van der Waals surface area contributed by atoms with Crippen LogP contribution in [0.5, 0.6) is 0 Å². The Balaban J connectivity index is 1.44. The summed E-state index contributed by atoms with van der Waals surface area (Å²) in [4.78, 5) is 25.1. The highest BCUT2D eigenvalue weighted by Crippen LogP contribution is 2.12. The molecule has 0 bridgehead atoms. The van der Waals surface area contributed by atoms with Crippen molar-refractivity contribution in [2.75, 3.05) is 31.6 Å². The summed E-state index contributed by atoms with van der Waals surface area (Å²) in [6.45, 7) is 6.65. The van der Waals surface area contributed by atoms with Gasteiger partial charge in [-0.25, -0.2) is 9.59 Å². The van der Waals surface area contributed by atoms with Gasteiger partial charge in [0.05, 0.1) is 18.8 Å². The summed E-state index contributed by atoms with van der Waals surface area (Å²) in [5.74, 6) is 0. The van der Waals surface area contributed by atoms with Crippen molar-refractivity contribution in [3.05, 3.63) is 47.3 Å². The first-order valence-corrected chi connectivity index (χ1v) is 9.08. The Morgan fingerprint density at radius 1 is 1.26 bits per heavy atom. The normalized spacial score (nSPS) is 14.0. The first-order chi connectivity index (χ1) is 13.0. The van der Waals surface area contributed by atoms with Gasteiger partial charge in [-0.1, -0.05) is 12.1 Å². The number of cyclic esters (lactones) is 1. The third kappa shape index (κ3) is 5.22. The lowest BCUT2D eigenvalue weighted by Crippen LogP contribution is -2.43. The summed E-state index contributed by atoms with van der Waals surface area (Å²) in [7, 11) is 0. The van der Waals surface area contributed by atoms with E-state index < -0.39 is 0 Å². The highest BCUT2D eigenvalue weighted by atomic mass is 16.6. The van der Waals surface area contributed by atoms with Gasteiger partial charge in [0.2, 0.25) is 0 Å². The number of carbonyl (C=O) groups excluding carboxylic acids is 2. The number of rotatable bonds is 6. The molecule has 1 fully saturated rings. The quantitative estimate of drug-likeness (QED) is 0.817. The van der Waals surface area contributed by atoms with Gasteiger partial charge in [-0.2, -0.15) is 5.10 Å². The molecule has 2 aromatic rings. The molecule has 2 heterocycles. The Labute approximate surface area is 158 Å². The second-order valence-electron chi connectivity index (χ2n) is 6.62. The Morgan fingerprint density at radius 3 is 2.70 bits per heavy atom. The number of nitrogens with one attached hydrogen (secondary N) is 2. The number of benzene rings is 1. The number of hydrogen-bond acceptors (Lipinski definition) is 4. The fourth-order valence-electron chi connectivity index (χ4n) is 2.98. The average molecular weight is 371 g/mol. The molecule has 144 valence electrons. The molecule has 3 rings (SSSR count). The second kappa shape index (κ2) is 8.57. The van der Waals surface area contributed by atoms with E-state index in [0.717, 1.165) is 23.4 Å². The third-order valence-corrected chi connectivity index (χ3v) is 4.37. The van der Waals surface area contributed by atoms with Gasteiger partial charge < -0.3 is 20.3 Å². The fraction of sp³-hybridized carbons (Fsp3) is 0.421. The highest BCUT2D eigenvalue weighted by molar-refractivity contribution is 5.89. The number of amides is 3. The zero-order valence-electron chi connectivity index (χ0n) is 15.7. The molecule has 1 aliphatic heterocycles. The summed E-state index contributed by atoms with van der Waals surface area (Å²) in [6.07, 6.45) is 0.503. The molecular weight excluding hydrogens is 346 g/mol. The fourth-order valence-corrected chi connectivity index (χ4v) is 2.98. The Morgan fingerprint density at radius 2 is 2.04 bits per heavy atom. The molecule has 0 unspecified atom stereocenters. The highest BCUT2D eigenvalue weighted by Gasteiger charge is 2.18. The van der Waals surface area contributed by atoms with E-state index in [2.05, 4.69) is 15.7 Å². The van der Waals surface area contributed by atoms with E-state index in [4.69, 9.17) is 4.74 Å². The maximum atomic E-state index is 12.0. The number of carbonyl (C=O) groups is 2. The summed E-state index contributed by atoms with van der Waals surface area (Å²) >= 11 is 0. The van der Waals surface area contributed by atoms with E-state index in [1.807, 2.05) is 48.9 Å². The number of urea groups is 1. The first kappa shape index (κ1) is 18.8. The van der Waals surface area contributed by atoms with Gasteiger partial charge in [0.1, 0.15) is 0 Å². The molecule has 0 spiro atoms. The molecule has 0 radical (unpaired) electrons. The van der Waals surface area contributed by atoms with Gasteiger partial charge in [0, 0.05) is 31.0 Å². The van der Waals surface area contributed by atoms with Crippen molar-refractivity contribution in [2.45, 2.75) is 26.8 Å². The van der Waals surface area contributed by atoms with Crippen molar-refractivity contribution in [1.29, 1.82) is 0 Å². The van der Waals surface area contributed by atoms with Gasteiger partial charge in [0.15, 0.2) is 0 Å². The van der Waals surface area contributed by atoms with Crippen molar-refractivity contribution in [1.82, 2.24) is 20.0 Å². The molecule has 27 heavy (non-hydrogen) atoms. The van der Waals surface area contributed by atoms with Crippen LogP contribution in [0.4, 0.5) is 15.3 Å². The van der Waals surface area contributed by atoms with E-state index in [9.17, 15) is 9.59 Å². The Hall–Kier alpha value is -3.03. The molecule has 1 saturated heterocycles. The predicted octanol–water partition coefficient (Wildman–Crippen LogP) is 2.51. The van der Waals surface area contributed by atoms with Crippen LogP contribution in [-0.4, -0.2) is 53.0 Å². The van der Waals surface area contributed by atoms with Crippen molar-refractivity contribution < 1.29 is 14.3 Å². The Kier molecular flexibility index (Phi) is 5.95. The van der Waals surface area contributed by atoms with Crippen molar-refractivity contribution in [3.63, 3.8) is 0 Å². The topological polar surface area (TPSA) is 88.5 Å². The minimum Gasteiger partial charge on any atom is -0.449 e. The molecule has 1 aromatic carbocycles. The maximum Gasteiger partial charge on any atom is 0.409 e. The lowest BCUT2D eigenvalue weighted by atomic mass is 10.2. The summed E-state index contributed by atoms with van der Waals surface area (Å²) in [5.41, 5.74) is 3.93. The van der Waals surface area contributed by atoms with Gasteiger partial charge in [-0.3, -0.25) is 4.68 Å². The number of anilines is 1. The van der Waals surface area contributed by atoms with Crippen molar-refractivity contribution in [2.24, 2.45) is 0 Å². The van der Waals surface area contributed by atoms with Gasteiger partial charge in [-0.05, 0) is 44.0 Å². The molecule has 8 nitrogen and oxygen atoms in total. The summed E-state index contributed by atoms with van der Waals surface area (Å²) in [5, 5.41) is 9.99. The van der Waals surface area contributed by atoms with Crippen LogP contribution in [0.15, 0.2) is 30.3 Å². The molecule has 0 atom stereocenters. The van der Waals surface area contributed by atoms with Crippen LogP contribution in [0.3, 0.4) is 0 Å². The number of aryl methyl sites for hydroxylation is 2. The largest absolute Gasteiger partial charge is 0.449 e. The van der Waals surface area contributed by atoms with E-state index in [1.165, 1.54) is 0 Å². The monoisotopic (exact) mass is 371 g/mol. The summed E-state index contributed by atoms with van der Waals surface area (Å²) < 4.78 is 6.91. The molecule has 2 N–H and O–H groups in total. The Bertz CT molecular complexity index is 800. The van der Waals surface area contributed by atoms with Crippen LogP contribution in [0, 0.1) is 13.8 Å². The van der Waals surface area contributed by atoms with Crippen LogP contribution >= 0.6 is 0 Å². The molecule has 1 aliphatic rings. The predicted molar refractivity (Wildman–Crippen MR) is 102 cm³/mol. The lowest BCUT2D eigenvalue weighted by molar-refractivity contribution is 0.0736. The van der Waals surface area contributed by atoms with Crippen LogP contribution < -0.4 is 10.6 Å². The smallest absolute Gasteiger partial charge is 0.409 e. The molecule has 3 amide bonds. The zero-order chi connectivity index (χ0) is 19.2. The standard InChI is InChI=1S/C19H25N5O3/c1-14-12-15(2)24(22-14)13-16-4-6-17(7-5-16)21-18(25)20-8-10-23-9-3-11-27-19(23)26/h4-7,12H,3,8-11,13H2,1-2H3,(H2,20,21,25). The van der Waals surface area contributed by atoms with Crippen LogP contribution in [0.2, 0.25) is 0 Å². The van der Waals surface area contributed by atoms with Crippen LogP contribution in [0.25, 0.3) is 0 Å². The minimum atomic E-state index is -0.318. The minimum absolute atomic E-state index is 0.299. The molecular formula is C19H25N5O3. The van der Waals surface area contributed by atoms with Gasteiger partial charge >= 0.3 is 12.1 Å². The van der Waals surface area contributed by atoms with Crippen LogP contribution in [0.1, 0.15) is 23.4 Å². The summed E-state index contributed by atoms with van der Waals surface area (Å²) in [6, 6.07) is 9.41. The zero-order valence-corrected chi connectivity index (χ0v) is 15.7. The maximum absolute atomic E-state index is 12.0. The number of nitrogens with zero attached hydrogens (tertiary/aromatic N) is 3. The number of ether oxygens (including phenoxy) is 1. The molecule has 8 heteroatoms. The molecule has 0 aliphatic carbocycles. The van der Waals surface area contributed by atoms with Gasteiger partial charge in [-0.15, -0.1) is 0 Å². The SMILES string of the molecule is Cc1cc(C)n(Cc2ccc(NC(=O)NCCN3CCCOC3=O)cc2)n1. The van der Waals surface area contributed by atoms with Crippen LogP contribution in [-0.2, 0) is 11.3 Å². The van der Waals surface area contributed by atoms with Crippen molar-refractivity contribution >= 4 is 17.8 Å². The molecule has 0 saturated carbocycles. The third-order valence-electron chi connectivity index (χ3n) is 4.37. The molecule has 1 aromatic heterocycles. The number of hydrogen-bond donors (Lipinski definition) is 2. The van der Waals surface area contributed by atoms with E-state index in [0.29, 0.717) is 38.5 Å². The first-order valence-electron chi connectivity index (χ1n) is 9.08. The van der Waals surface area contributed by atoms with Gasteiger partial charge in [0.25, 0.3) is 0 Å². The van der Waals surface area contributed by atoms with E-state index >= 15 is 0 Å². The van der Waals surface area contributed by atoms with E-state index in [-0.39, 0.29) is 12.1 Å². The average Bonchev–Trinajstić information content (AvgIpc) is 2.95. The van der Waals surface area contributed by atoms with E-state index in [1.54, 1.807) is 4.90 Å². The lowest BCUT2D eigenvalue weighted by Gasteiger charge is -2.26. The second-order valence-corrected chi connectivity index (χ2v) is 6.62. The number of aromatic nitrogens is 2.